The van der Waals surface area contributed by atoms with E-state index < -0.39 is 0 Å². The predicted octanol–water partition coefficient (Wildman–Crippen LogP) is 1.82. The highest BCUT2D eigenvalue weighted by Crippen LogP contribution is 2.19. The Morgan fingerprint density at radius 1 is 1.30 bits per heavy atom. The molecule has 0 radical (unpaired) electrons. The second kappa shape index (κ2) is 7.17. The van der Waals surface area contributed by atoms with Crippen molar-refractivity contribution in [3.63, 3.8) is 0 Å². The lowest BCUT2D eigenvalue weighted by Crippen LogP contribution is -2.36. The summed E-state index contributed by atoms with van der Waals surface area (Å²) in [5, 5.41) is 11.6. The third-order valence-corrected chi connectivity index (χ3v) is 4.03. The van der Waals surface area contributed by atoms with Gasteiger partial charge in [-0.05, 0) is 42.7 Å². The summed E-state index contributed by atoms with van der Waals surface area (Å²) in [5.74, 6) is 0.964. The number of rotatable bonds is 5. The highest BCUT2D eigenvalue weighted by atomic mass is 16.2. The summed E-state index contributed by atoms with van der Waals surface area (Å²) in [5.41, 5.74) is 3.25. The summed E-state index contributed by atoms with van der Waals surface area (Å²) in [7, 11) is 0. The number of nitrogens with one attached hydrogen (secondary N) is 1. The van der Waals surface area contributed by atoms with Crippen molar-refractivity contribution in [3.05, 3.63) is 47.4 Å². The lowest BCUT2D eigenvalue weighted by atomic mass is 10.0. The third-order valence-electron chi connectivity index (χ3n) is 4.03. The van der Waals surface area contributed by atoms with Crippen LogP contribution in [0.4, 0.5) is 5.82 Å². The second-order valence-electron chi connectivity index (χ2n) is 5.65. The first-order valence-corrected chi connectivity index (χ1v) is 8.02. The molecule has 0 aliphatic carbocycles. The van der Waals surface area contributed by atoms with Crippen LogP contribution in [0.15, 0.2) is 30.6 Å². The van der Waals surface area contributed by atoms with Crippen LogP contribution in [0.5, 0.6) is 0 Å². The van der Waals surface area contributed by atoms with Crippen molar-refractivity contribution in [2.75, 3.05) is 18.4 Å². The Balaban J connectivity index is 1.61. The molecule has 23 heavy (non-hydrogen) atoms. The van der Waals surface area contributed by atoms with Gasteiger partial charge in [0.05, 0.1) is 5.69 Å². The van der Waals surface area contributed by atoms with E-state index in [1.54, 1.807) is 12.4 Å². The van der Waals surface area contributed by atoms with Crippen LogP contribution >= 0.6 is 0 Å². The molecule has 2 aromatic heterocycles. The Morgan fingerprint density at radius 2 is 2.13 bits per heavy atom. The topological polar surface area (TPSA) is 71.0 Å². The normalized spacial score (nSPS) is 13.5. The van der Waals surface area contributed by atoms with Gasteiger partial charge in [0.1, 0.15) is 5.82 Å². The van der Waals surface area contributed by atoms with Crippen molar-refractivity contribution < 1.29 is 4.79 Å². The molecule has 1 aliphatic heterocycles. The smallest absolute Gasteiger partial charge is 0.223 e. The Hall–Kier alpha value is -2.50. The molecule has 0 saturated carbocycles. The highest BCUT2D eigenvalue weighted by molar-refractivity contribution is 5.76. The first kappa shape index (κ1) is 15.4. The predicted molar refractivity (Wildman–Crippen MR) is 87.9 cm³/mol. The summed E-state index contributed by atoms with van der Waals surface area (Å²) < 4.78 is 0. The number of fused-ring (bicyclic) bond motifs is 1. The largest absolute Gasteiger partial charge is 0.369 e. The van der Waals surface area contributed by atoms with Gasteiger partial charge in [0.2, 0.25) is 5.91 Å². The van der Waals surface area contributed by atoms with Crippen molar-refractivity contribution >= 4 is 11.7 Å². The van der Waals surface area contributed by atoms with Crippen LogP contribution in [-0.2, 0) is 24.2 Å². The van der Waals surface area contributed by atoms with Crippen molar-refractivity contribution in [1.82, 2.24) is 20.1 Å². The lowest BCUT2D eigenvalue weighted by Gasteiger charge is -2.28. The fraction of sp³-hybridized carbons (Fsp3) is 0.412. The number of aromatic nitrogens is 3. The molecule has 0 atom stereocenters. The molecule has 120 valence electrons. The molecule has 0 spiro atoms. The number of nitrogens with zero attached hydrogens (tertiary/aromatic N) is 4. The zero-order valence-corrected chi connectivity index (χ0v) is 13.3. The first-order valence-electron chi connectivity index (χ1n) is 8.02. The van der Waals surface area contributed by atoms with E-state index in [-0.39, 0.29) is 5.91 Å². The van der Waals surface area contributed by atoms with Gasteiger partial charge in [0, 0.05) is 44.9 Å². The molecule has 6 nitrogen and oxygen atoms in total. The first-order chi connectivity index (χ1) is 11.3. The van der Waals surface area contributed by atoms with E-state index in [1.807, 2.05) is 30.0 Å². The van der Waals surface area contributed by atoms with Crippen LogP contribution in [0.25, 0.3) is 0 Å². The van der Waals surface area contributed by atoms with Crippen molar-refractivity contribution in [1.29, 1.82) is 0 Å². The molecule has 0 saturated heterocycles. The minimum Gasteiger partial charge on any atom is -0.369 e. The van der Waals surface area contributed by atoms with Gasteiger partial charge in [-0.15, -0.1) is 5.10 Å². The molecular weight excluding hydrogens is 290 g/mol. The molecule has 0 unspecified atom stereocenters. The van der Waals surface area contributed by atoms with Crippen LogP contribution < -0.4 is 5.32 Å². The number of anilines is 1. The third kappa shape index (κ3) is 3.83. The number of hydrogen-bond donors (Lipinski definition) is 1. The van der Waals surface area contributed by atoms with E-state index >= 15 is 0 Å². The molecule has 0 fully saturated rings. The van der Waals surface area contributed by atoms with Crippen molar-refractivity contribution in [3.8, 4) is 0 Å². The van der Waals surface area contributed by atoms with Gasteiger partial charge in [-0.2, -0.15) is 5.10 Å². The maximum Gasteiger partial charge on any atom is 0.223 e. The van der Waals surface area contributed by atoms with Crippen LogP contribution in [-0.4, -0.2) is 39.1 Å². The van der Waals surface area contributed by atoms with Crippen LogP contribution in [0.3, 0.4) is 0 Å². The second-order valence-corrected chi connectivity index (χ2v) is 5.65. The summed E-state index contributed by atoms with van der Waals surface area (Å²) >= 11 is 0. The summed E-state index contributed by atoms with van der Waals surface area (Å²) in [6.07, 6.45) is 5.57. The number of pyridine rings is 1. The van der Waals surface area contributed by atoms with Gasteiger partial charge in [0.25, 0.3) is 0 Å². The number of carbonyl (C=O) groups is 1. The van der Waals surface area contributed by atoms with Crippen molar-refractivity contribution in [2.24, 2.45) is 0 Å². The van der Waals surface area contributed by atoms with E-state index in [1.165, 1.54) is 0 Å². The molecule has 1 N–H and O–H groups in total. The molecule has 2 aromatic rings. The Morgan fingerprint density at radius 3 is 2.91 bits per heavy atom. The van der Waals surface area contributed by atoms with Gasteiger partial charge in [-0.1, -0.05) is 0 Å². The van der Waals surface area contributed by atoms with Crippen LogP contribution in [0, 0.1) is 0 Å². The van der Waals surface area contributed by atoms with Crippen LogP contribution in [0.1, 0.15) is 30.2 Å². The molecule has 6 heteroatoms. The van der Waals surface area contributed by atoms with E-state index in [0.717, 1.165) is 48.6 Å². The minimum absolute atomic E-state index is 0.189. The molecule has 0 bridgehead atoms. The van der Waals surface area contributed by atoms with Gasteiger partial charge in [0.15, 0.2) is 0 Å². The van der Waals surface area contributed by atoms with E-state index in [2.05, 4.69) is 20.5 Å². The lowest BCUT2D eigenvalue weighted by molar-refractivity contribution is -0.132. The fourth-order valence-corrected chi connectivity index (χ4v) is 2.77. The van der Waals surface area contributed by atoms with Crippen LogP contribution in [0.2, 0.25) is 0 Å². The highest BCUT2D eigenvalue weighted by Gasteiger charge is 2.22. The van der Waals surface area contributed by atoms with E-state index in [9.17, 15) is 4.79 Å². The Labute approximate surface area is 136 Å². The molecule has 0 aromatic carbocycles. The van der Waals surface area contributed by atoms with E-state index in [0.29, 0.717) is 13.0 Å². The summed E-state index contributed by atoms with van der Waals surface area (Å²) in [6.45, 7) is 4.17. The number of aryl methyl sites for hydroxylation is 1. The van der Waals surface area contributed by atoms with Gasteiger partial charge >= 0.3 is 0 Å². The van der Waals surface area contributed by atoms with Gasteiger partial charge in [-0.25, -0.2) is 0 Å². The number of carbonyl (C=O) groups excluding carboxylic acids is 1. The monoisotopic (exact) mass is 311 g/mol. The number of amides is 1. The standard InChI is InChI=1S/C17H21N5O/c1-2-19-16-11-14-12-22(10-7-15(14)20-21-16)17(23)4-3-13-5-8-18-9-6-13/h5-6,8-9,11H,2-4,7,10,12H2,1H3,(H,19,21). The Bertz CT molecular complexity index is 674. The molecule has 3 rings (SSSR count). The zero-order chi connectivity index (χ0) is 16.1. The summed E-state index contributed by atoms with van der Waals surface area (Å²) in [6, 6.07) is 5.92. The molecule has 3 heterocycles. The van der Waals surface area contributed by atoms with E-state index in [4.69, 9.17) is 0 Å². The maximum atomic E-state index is 12.5. The van der Waals surface area contributed by atoms with Crippen molar-refractivity contribution in [2.45, 2.75) is 32.7 Å². The average molecular weight is 311 g/mol. The quantitative estimate of drug-likeness (QED) is 0.912. The maximum absolute atomic E-state index is 12.5. The molecule has 1 aliphatic rings. The average Bonchev–Trinajstić information content (AvgIpc) is 2.60. The zero-order valence-electron chi connectivity index (χ0n) is 13.3. The number of hydrogen-bond acceptors (Lipinski definition) is 5. The Kier molecular flexibility index (Phi) is 4.80. The molecule has 1 amide bonds. The minimum atomic E-state index is 0.189. The molecular formula is C17H21N5O. The SMILES string of the molecule is CCNc1cc2c(nn1)CCN(C(=O)CCc1ccncc1)C2. The van der Waals surface area contributed by atoms with Gasteiger partial charge in [-0.3, -0.25) is 9.78 Å². The van der Waals surface area contributed by atoms with Gasteiger partial charge < -0.3 is 10.2 Å². The fourth-order valence-electron chi connectivity index (χ4n) is 2.77. The summed E-state index contributed by atoms with van der Waals surface area (Å²) in [4.78, 5) is 18.4.